The number of anilines is 2. The molecule has 1 unspecified atom stereocenters. The molecule has 0 bridgehead atoms. The normalized spacial score (nSPS) is 22.6. The quantitative estimate of drug-likeness (QED) is 0.421. The van der Waals surface area contributed by atoms with Crippen LogP contribution in [0.1, 0.15) is 12.0 Å². The number of nitrogens with two attached hydrogens (primary N) is 1. The van der Waals surface area contributed by atoms with Crippen LogP contribution in [0.15, 0.2) is 45.7 Å². The van der Waals surface area contributed by atoms with Crippen molar-refractivity contribution in [2.24, 2.45) is 5.73 Å². The highest BCUT2D eigenvalue weighted by molar-refractivity contribution is 7.91. The summed E-state index contributed by atoms with van der Waals surface area (Å²) in [5.74, 6) is -5.65. The molecule has 1 fully saturated rings. The van der Waals surface area contributed by atoms with E-state index in [1.165, 1.54) is 0 Å². The molecular formula is C23H22ClF3N6O4S. The van der Waals surface area contributed by atoms with Gasteiger partial charge in [0.1, 0.15) is 5.82 Å². The highest BCUT2D eigenvalue weighted by atomic mass is 35.5. The highest BCUT2D eigenvalue weighted by Crippen LogP contribution is 2.37. The van der Waals surface area contributed by atoms with Crippen LogP contribution in [0.4, 0.5) is 24.9 Å². The van der Waals surface area contributed by atoms with Crippen molar-refractivity contribution < 1.29 is 30.8 Å². The summed E-state index contributed by atoms with van der Waals surface area (Å²) < 4.78 is 74.1. The van der Waals surface area contributed by atoms with Crippen LogP contribution >= 0.6 is 11.6 Å². The molecule has 0 aliphatic carbocycles. The summed E-state index contributed by atoms with van der Waals surface area (Å²) in [6.45, 7) is -0.296. The molecule has 0 saturated carbocycles. The van der Waals surface area contributed by atoms with Crippen LogP contribution in [-0.2, 0) is 21.2 Å². The summed E-state index contributed by atoms with van der Waals surface area (Å²) in [6, 6.07) is 6.12. The first-order valence-corrected chi connectivity index (χ1v) is 13.5. The minimum absolute atomic E-state index is 0.0726. The largest absolute Gasteiger partial charge is 0.403 e. The number of amides is 1. The number of carbonyl (C=O) groups excluding carboxylic acids is 1. The number of carbonyl (C=O) groups is 1. The molecule has 0 radical (unpaired) electrons. The van der Waals surface area contributed by atoms with E-state index in [1.807, 2.05) is 0 Å². The van der Waals surface area contributed by atoms with Crippen molar-refractivity contribution in [3.63, 3.8) is 0 Å². The molecule has 2 aliphatic heterocycles. The number of alkyl halides is 2. The minimum atomic E-state index is -4.14. The van der Waals surface area contributed by atoms with Crippen LogP contribution in [-0.4, -0.2) is 61.4 Å². The molecule has 5 rings (SSSR count). The molecule has 15 heteroatoms. The fourth-order valence-electron chi connectivity index (χ4n) is 4.42. The molecular weight excluding hydrogens is 549 g/mol. The summed E-state index contributed by atoms with van der Waals surface area (Å²) in [7, 11) is -4.14. The average Bonchev–Trinajstić information content (AvgIpc) is 3.28. The van der Waals surface area contributed by atoms with Gasteiger partial charge in [0, 0.05) is 24.0 Å². The number of benzene rings is 2. The van der Waals surface area contributed by atoms with Gasteiger partial charge in [-0.3, -0.25) is 4.79 Å². The lowest BCUT2D eigenvalue weighted by Crippen LogP contribution is -2.49. The Morgan fingerprint density at radius 2 is 1.97 bits per heavy atom. The third-order valence-electron chi connectivity index (χ3n) is 6.21. The van der Waals surface area contributed by atoms with Gasteiger partial charge in [0.2, 0.25) is 5.91 Å². The SMILES string of the molecule is N[C@H]1CS(=O)(=O)c2cc(F)c(-c3nnc(NC4CNCC(F)(F)C4)o3)cc2N(Cc2ccc(Cl)cc2)C1=O. The van der Waals surface area contributed by atoms with Gasteiger partial charge < -0.3 is 25.7 Å². The monoisotopic (exact) mass is 570 g/mol. The molecule has 1 saturated heterocycles. The number of fused-ring (bicyclic) bond motifs is 1. The lowest BCUT2D eigenvalue weighted by Gasteiger charge is -2.29. The van der Waals surface area contributed by atoms with Crippen LogP contribution in [0.25, 0.3) is 11.5 Å². The zero-order valence-electron chi connectivity index (χ0n) is 19.6. The first-order valence-electron chi connectivity index (χ1n) is 11.5. The van der Waals surface area contributed by atoms with Gasteiger partial charge in [0.25, 0.3) is 11.8 Å². The van der Waals surface area contributed by atoms with Gasteiger partial charge in [0.05, 0.1) is 41.0 Å². The molecule has 2 aliphatic rings. The molecule has 38 heavy (non-hydrogen) atoms. The number of sulfone groups is 1. The Labute approximate surface area is 220 Å². The van der Waals surface area contributed by atoms with E-state index >= 15 is 4.39 Å². The maximum atomic E-state index is 15.2. The molecule has 2 aromatic carbocycles. The van der Waals surface area contributed by atoms with Gasteiger partial charge in [0.15, 0.2) is 9.84 Å². The van der Waals surface area contributed by atoms with Crippen molar-refractivity contribution >= 4 is 39.0 Å². The molecule has 3 aromatic rings. The minimum Gasteiger partial charge on any atom is -0.403 e. The van der Waals surface area contributed by atoms with Gasteiger partial charge in [-0.25, -0.2) is 21.6 Å². The number of nitrogens with zero attached hydrogens (tertiary/aromatic N) is 3. The maximum absolute atomic E-state index is 15.2. The molecule has 0 spiro atoms. The van der Waals surface area contributed by atoms with Crippen molar-refractivity contribution in [2.45, 2.75) is 35.9 Å². The van der Waals surface area contributed by atoms with E-state index in [0.717, 1.165) is 17.0 Å². The predicted octanol–water partition coefficient (Wildman–Crippen LogP) is 2.59. The number of hydrogen-bond acceptors (Lipinski definition) is 9. The fraction of sp³-hybridized carbons (Fsp3) is 0.348. The van der Waals surface area contributed by atoms with Crippen molar-refractivity contribution in [1.82, 2.24) is 15.5 Å². The Hall–Kier alpha value is -3.20. The zero-order chi connectivity index (χ0) is 27.2. The second kappa shape index (κ2) is 9.84. The molecule has 10 nitrogen and oxygen atoms in total. The van der Waals surface area contributed by atoms with E-state index in [2.05, 4.69) is 20.8 Å². The molecule has 1 aromatic heterocycles. The maximum Gasteiger partial charge on any atom is 0.316 e. The Balaban J connectivity index is 1.52. The number of aromatic nitrogens is 2. The van der Waals surface area contributed by atoms with Crippen LogP contribution in [0.2, 0.25) is 5.02 Å². The number of halogens is 4. The molecule has 3 heterocycles. The van der Waals surface area contributed by atoms with E-state index in [1.54, 1.807) is 24.3 Å². The predicted molar refractivity (Wildman–Crippen MR) is 132 cm³/mol. The smallest absolute Gasteiger partial charge is 0.316 e. The van der Waals surface area contributed by atoms with Crippen molar-refractivity contribution in [2.75, 3.05) is 29.1 Å². The Morgan fingerprint density at radius 3 is 2.68 bits per heavy atom. The van der Waals surface area contributed by atoms with Crippen LogP contribution < -0.4 is 21.3 Å². The van der Waals surface area contributed by atoms with E-state index in [-0.39, 0.29) is 36.2 Å². The van der Waals surface area contributed by atoms with Gasteiger partial charge >= 0.3 is 6.01 Å². The van der Waals surface area contributed by atoms with Crippen LogP contribution in [0.5, 0.6) is 0 Å². The molecule has 4 N–H and O–H groups in total. The van der Waals surface area contributed by atoms with E-state index in [4.69, 9.17) is 21.8 Å². The summed E-state index contributed by atoms with van der Waals surface area (Å²) >= 11 is 5.94. The number of nitrogens with one attached hydrogen (secondary N) is 2. The van der Waals surface area contributed by atoms with Crippen molar-refractivity contribution in [3.05, 3.63) is 52.8 Å². The van der Waals surface area contributed by atoms with E-state index < -0.39 is 63.2 Å². The zero-order valence-corrected chi connectivity index (χ0v) is 21.2. The topological polar surface area (TPSA) is 143 Å². The van der Waals surface area contributed by atoms with E-state index in [9.17, 15) is 22.0 Å². The average molecular weight is 571 g/mol. The molecule has 202 valence electrons. The van der Waals surface area contributed by atoms with Crippen molar-refractivity contribution in [3.8, 4) is 11.5 Å². The molecule has 1 amide bonds. The third kappa shape index (κ3) is 5.34. The third-order valence-corrected chi connectivity index (χ3v) is 8.26. The van der Waals surface area contributed by atoms with Crippen LogP contribution in [0, 0.1) is 5.82 Å². The van der Waals surface area contributed by atoms with Crippen LogP contribution in [0.3, 0.4) is 0 Å². The summed E-state index contributed by atoms with van der Waals surface area (Å²) in [4.78, 5) is 13.9. The van der Waals surface area contributed by atoms with E-state index in [0.29, 0.717) is 10.6 Å². The summed E-state index contributed by atoms with van der Waals surface area (Å²) in [6.07, 6.45) is -0.467. The number of piperidine rings is 1. The molecule has 2 atom stereocenters. The number of rotatable bonds is 5. The summed E-state index contributed by atoms with van der Waals surface area (Å²) in [5.41, 5.74) is 6.13. The van der Waals surface area contributed by atoms with Crippen molar-refractivity contribution in [1.29, 1.82) is 0 Å². The summed E-state index contributed by atoms with van der Waals surface area (Å²) in [5, 5.41) is 13.3. The first kappa shape index (κ1) is 26.4. The second-order valence-electron chi connectivity index (χ2n) is 9.18. The number of hydrogen-bond donors (Lipinski definition) is 3. The fourth-order valence-corrected chi connectivity index (χ4v) is 6.11. The Morgan fingerprint density at radius 1 is 1.24 bits per heavy atom. The van der Waals surface area contributed by atoms with Gasteiger partial charge in [-0.15, -0.1) is 5.10 Å². The Bertz CT molecular complexity index is 1480. The first-order chi connectivity index (χ1) is 17.9. The van der Waals surface area contributed by atoms with Gasteiger partial charge in [-0.1, -0.05) is 28.8 Å². The lowest BCUT2D eigenvalue weighted by molar-refractivity contribution is -0.119. The Kier molecular flexibility index (Phi) is 6.84. The lowest BCUT2D eigenvalue weighted by atomic mass is 10.0. The highest BCUT2D eigenvalue weighted by Gasteiger charge is 2.38. The van der Waals surface area contributed by atoms with Gasteiger partial charge in [-0.05, 0) is 29.8 Å². The second-order valence-corrected chi connectivity index (χ2v) is 11.6. The van der Waals surface area contributed by atoms with Gasteiger partial charge in [-0.2, -0.15) is 0 Å². The standard InChI is InChI=1S/C23H22ClF3N6O4S/c24-13-3-1-12(2-4-13)9-33-18-5-15(16(25)6-19(18)38(35,36)10-17(28)21(33)34)20-31-32-22(37-20)30-14-7-23(26,27)11-29-8-14/h1-6,14,17,29H,7-11,28H2,(H,30,32)/t14?,17-/m0/s1.